The minimum Gasteiger partial charge on any atom is -0.345 e. The van der Waals surface area contributed by atoms with Crippen LogP contribution < -0.4 is 5.32 Å². The topological polar surface area (TPSA) is 59.8 Å². The fourth-order valence-corrected chi connectivity index (χ4v) is 3.39. The lowest BCUT2D eigenvalue weighted by Crippen LogP contribution is -2.26. The van der Waals surface area contributed by atoms with Crippen molar-refractivity contribution in [3.05, 3.63) is 63.9 Å². The highest BCUT2D eigenvalue weighted by atomic mass is 32.1. The van der Waals surface area contributed by atoms with Crippen LogP contribution in [0, 0.1) is 13.8 Å². The lowest BCUT2D eigenvalue weighted by molar-refractivity contribution is 0.0940. The Hall–Kier alpha value is -2.47. The van der Waals surface area contributed by atoms with Crippen LogP contribution >= 0.6 is 11.3 Å². The van der Waals surface area contributed by atoms with Gasteiger partial charge in [0, 0.05) is 9.75 Å². The van der Waals surface area contributed by atoms with E-state index in [0.717, 1.165) is 26.6 Å². The van der Waals surface area contributed by atoms with Crippen LogP contribution in [0.1, 0.15) is 38.6 Å². The molecule has 1 atom stereocenters. The van der Waals surface area contributed by atoms with Gasteiger partial charge >= 0.3 is 0 Å². The highest BCUT2D eigenvalue weighted by molar-refractivity contribution is 7.12. The molecule has 0 saturated heterocycles. The Kier molecular flexibility index (Phi) is 4.25. The third-order valence-electron chi connectivity index (χ3n) is 3.71. The summed E-state index contributed by atoms with van der Waals surface area (Å²) in [6.45, 7) is 5.97. The summed E-state index contributed by atoms with van der Waals surface area (Å²) in [5, 5.41) is 7.15. The Morgan fingerprint density at radius 1 is 1.26 bits per heavy atom. The molecule has 23 heavy (non-hydrogen) atoms. The summed E-state index contributed by atoms with van der Waals surface area (Å²) >= 11 is 1.64. The van der Waals surface area contributed by atoms with Crippen molar-refractivity contribution in [3.63, 3.8) is 0 Å². The third kappa shape index (κ3) is 3.32. The molecule has 2 aromatic heterocycles. The lowest BCUT2D eigenvalue weighted by Gasteiger charge is -2.15. The standard InChI is InChI=1S/C17H18N4OS/c1-11-8-16(13(3)23-11)17(22)20-12(2)14-4-6-15(7-5-14)21-10-18-9-19-21/h4-10,12H,1-3H3,(H,20,22). The normalized spacial score (nSPS) is 12.1. The molecular weight excluding hydrogens is 308 g/mol. The summed E-state index contributed by atoms with van der Waals surface area (Å²) in [6, 6.07) is 9.79. The number of aromatic nitrogens is 3. The molecule has 3 rings (SSSR count). The van der Waals surface area contributed by atoms with Crippen molar-refractivity contribution >= 4 is 17.2 Å². The van der Waals surface area contributed by atoms with Gasteiger partial charge in [-0.15, -0.1) is 11.3 Å². The molecule has 0 bridgehead atoms. The van der Waals surface area contributed by atoms with Crippen LogP contribution in [0.3, 0.4) is 0 Å². The maximum atomic E-state index is 12.4. The number of hydrogen-bond acceptors (Lipinski definition) is 4. The van der Waals surface area contributed by atoms with Gasteiger partial charge in [-0.2, -0.15) is 5.10 Å². The maximum absolute atomic E-state index is 12.4. The van der Waals surface area contributed by atoms with Gasteiger partial charge in [0.25, 0.3) is 5.91 Å². The third-order valence-corrected chi connectivity index (χ3v) is 4.68. The van der Waals surface area contributed by atoms with E-state index in [1.165, 1.54) is 6.33 Å². The predicted molar refractivity (Wildman–Crippen MR) is 91.0 cm³/mol. The number of carbonyl (C=O) groups excluding carboxylic acids is 1. The van der Waals surface area contributed by atoms with Crippen LogP contribution in [0.2, 0.25) is 0 Å². The number of nitrogens with one attached hydrogen (secondary N) is 1. The highest BCUT2D eigenvalue weighted by Crippen LogP contribution is 2.22. The second kappa shape index (κ2) is 6.34. The zero-order valence-corrected chi connectivity index (χ0v) is 14.1. The minimum atomic E-state index is -0.0631. The first-order chi connectivity index (χ1) is 11.0. The van der Waals surface area contributed by atoms with Crippen LogP contribution in [0.25, 0.3) is 5.69 Å². The molecule has 1 amide bonds. The molecule has 6 heteroatoms. The van der Waals surface area contributed by atoms with E-state index in [2.05, 4.69) is 15.4 Å². The van der Waals surface area contributed by atoms with Gasteiger partial charge in [0.05, 0.1) is 17.3 Å². The average molecular weight is 326 g/mol. The molecule has 0 spiro atoms. The number of aryl methyl sites for hydroxylation is 2. The van der Waals surface area contributed by atoms with E-state index in [9.17, 15) is 4.79 Å². The Balaban J connectivity index is 1.72. The Morgan fingerprint density at radius 3 is 2.57 bits per heavy atom. The van der Waals surface area contributed by atoms with E-state index in [0.29, 0.717) is 0 Å². The fraction of sp³-hybridized carbons (Fsp3) is 0.235. The first-order valence-electron chi connectivity index (χ1n) is 7.37. The van der Waals surface area contributed by atoms with Gasteiger partial charge in [0.2, 0.25) is 0 Å². The number of amides is 1. The Bertz CT molecular complexity index is 806. The van der Waals surface area contributed by atoms with Gasteiger partial charge in [-0.1, -0.05) is 12.1 Å². The van der Waals surface area contributed by atoms with Crippen molar-refractivity contribution in [2.24, 2.45) is 0 Å². The summed E-state index contributed by atoms with van der Waals surface area (Å²) < 4.78 is 1.70. The van der Waals surface area contributed by atoms with Gasteiger partial charge in [0.15, 0.2) is 0 Å². The summed E-state index contributed by atoms with van der Waals surface area (Å²) in [6.07, 6.45) is 3.16. The second-order valence-electron chi connectivity index (χ2n) is 5.45. The Morgan fingerprint density at radius 2 is 2.00 bits per heavy atom. The molecule has 2 heterocycles. The van der Waals surface area contributed by atoms with Crippen LogP contribution in [-0.2, 0) is 0 Å². The van der Waals surface area contributed by atoms with Crippen LogP contribution in [-0.4, -0.2) is 20.7 Å². The van der Waals surface area contributed by atoms with Gasteiger partial charge in [-0.25, -0.2) is 9.67 Å². The molecule has 118 valence electrons. The predicted octanol–water partition coefficient (Wildman–Crippen LogP) is 3.44. The quantitative estimate of drug-likeness (QED) is 0.799. The monoisotopic (exact) mass is 326 g/mol. The van der Waals surface area contributed by atoms with E-state index < -0.39 is 0 Å². The minimum absolute atomic E-state index is 0.0281. The zero-order chi connectivity index (χ0) is 16.4. The lowest BCUT2D eigenvalue weighted by atomic mass is 10.1. The smallest absolute Gasteiger partial charge is 0.252 e. The summed E-state index contributed by atoms with van der Waals surface area (Å²) in [5.41, 5.74) is 2.75. The molecule has 3 aromatic rings. The van der Waals surface area contributed by atoms with Crippen molar-refractivity contribution in [1.82, 2.24) is 20.1 Å². The van der Waals surface area contributed by atoms with E-state index in [1.807, 2.05) is 51.1 Å². The highest BCUT2D eigenvalue weighted by Gasteiger charge is 2.15. The van der Waals surface area contributed by atoms with Crippen molar-refractivity contribution in [2.75, 3.05) is 0 Å². The van der Waals surface area contributed by atoms with E-state index in [-0.39, 0.29) is 11.9 Å². The van der Waals surface area contributed by atoms with Crippen LogP contribution in [0.4, 0.5) is 0 Å². The number of nitrogens with zero attached hydrogens (tertiary/aromatic N) is 3. The summed E-state index contributed by atoms with van der Waals surface area (Å²) in [4.78, 5) is 18.5. The van der Waals surface area contributed by atoms with Crippen molar-refractivity contribution in [1.29, 1.82) is 0 Å². The van der Waals surface area contributed by atoms with Crippen LogP contribution in [0.15, 0.2) is 43.0 Å². The molecule has 0 radical (unpaired) electrons. The summed E-state index contributed by atoms with van der Waals surface area (Å²) in [7, 11) is 0. The zero-order valence-electron chi connectivity index (χ0n) is 13.3. The molecule has 1 unspecified atom stereocenters. The van der Waals surface area contributed by atoms with Crippen LogP contribution in [0.5, 0.6) is 0 Å². The number of benzene rings is 1. The SMILES string of the molecule is Cc1cc(C(=O)NC(C)c2ccc(-n3cncn3)cc2)c(C)s1. The first-order valence-corrected chi connectivity index (χ1v) is 8.19. The van der Waals surface area contributed by atoms with E-state index in [4.69, 9.17) is 0 Å². The molecular formula is C17H18N4OS. The van der Waals surface area contributed by atoms with Gasteiger partial charge in [-0.05, 0) is 44.5 Å². The number of rotatable bonds is 4. The van der Waals surface area contributed by atoms with E-state index >= 15 is 0 Å². The molecule has 1 N–H and O–H groups in total. The van der Waals surface area contributed by atoms with Gasteiger partial charge in [-0.3, -0.25) is 4.79 Å². The van der Waals surface area contributed by atoms with Crippen molar-refractivity contribution < 1.29 is 4.79 Å². The molecule has 1 aromatic carbocycles. The average Bonchev–Trinajstić information content (AvgIpc) is 3.17. The molecule has 0 aliphatic heterocycles. The second-order valence-corrected chi connectivity index (χ2v) is 6.91. The maximum Gasteiger partial charge on any atom is 0.252 e. The van der Waals surface area contributed by atoms with Crippen molar-refractivity contribution in [3.8, 4) is 5.69 Å². The first kappa shape index (κ1) is 15.4. The van der Waals surface area contributed by atoms with E-state index in [1.54, 1.807) is 22.3 Å². The van der Waals surface area contributed by atoms with Gasteiger partial charge < -0.3 is 5.32 Å². The van der Waals surface area contributed by atoms with Gasteiger partial charge in [0.1, 0.15) is 12.7 Å². The molecule has 0 saturated carbocycles. The largest absolute Gasteiger partial charge is 0.345 e. The number of hydrogen-bond donors (Lipinski definition) is 1. The molecule has 0 fully saturated rings. The number of thiophene rings is 1. The van der Waals surface area contributed by atoms with Crippen molar-refractivity contribution in [2.45, 2.75) is 26.8 Å². The summed E-state index contributed by atoms with van der Waals surface area (Å²) in [5.74, 6) is -0.0281. The Labute approximate surface area is 139 Å². The fourth-order valence-electron chi connectivity index (χ4n) is 2.47. The number of carbonyl (C=O) groups is 1. The molecule has 5 nitrogen and oxygen atoms in total. The molecule has 0 aliphatic carbocycles. The molecule has 0 aliphatic rings.